The number of amides is 2. The van der Waals surface area contributed by atoms with Crippen molar-refractivity contribution in [3.8, 4) is 0 Å². The zero-order chi connectivity index (χ0) is 15.1. The minimum Gasteiger partial charge on any atom is -0.397 e. The molecule has 0 aromatic heterocycles. The lowest BCUT2D eigenvalue weighted by atomic mass is 10.2. The van der Waals surface area contributed by atoms with Crippen LogP contribution >= 0.6 is 0 Å². The van der Waals surface area contributed by atoms with Crippen LogP contribution in [0.4, 0.5) is 11.4 Å². The Balaban J connectivity index is 2.54. The zero-order valence-electron chi connectivity index (χ0n) is 12.1. The van der Waals surface area contributed by atoms with Crippen LogP contribution < -0.4 is 16.4 Å². The second-order valence-electron chi connectivity index (χ2n) is 4.66. The number of benzene rings is 1. The summed E-state index contributed by atoms with van der Waals surface area (Å²) in [7, 11) is 3.40. The molecule has 0 spiro atoms. The number of hydrogen-bond donors (Lipinski definition) is 3. The highest BCUT2D eigenvalue weighted by atomic mass is 16.2. The first kappa shape index (κ1) is 16.0. The number of nitrogens with two attached hydrogens (primary N) is 1. The predicted octanol–water partition coefficient (Wildman–Crippen LogP) is 0.664. The molecule has 1 aromatic rings. The number of nitrogens with zero attached hydrogens (tertiary/aromatic N) is 1. The van der Waals surface area contributed by atoms with E-state index in [9.17, 15) is 9.59 Å². The molecule has 6 nitrogen and oxygen atoms in total. The van der Waals surface area contributed by atoms with E-state index < -0.39 is 0 Å². The van der Waals surface area contributed by atoms with Gasteiger partial charge in [0.1, 0.15) is 0 Å². The quantitative estimate of drug-likeness (QED) is 0.667. The monoisotopic (exact) mass is 278 g/mol. The highest BCUT2D eigenvalue weighted by Crippen LogP contribution is 2.17. The normalized spacial score (nSPS) is 12.0. The number of nitrogen functional groups attached to an aromatic ring is 1. The molecule has 1 aromatic carbocycles. The maximum atomic E-state index is 12.1. The Morgan fingerprint density at radius 2 is 2.00 bits per heavy atom. The number of carbonyl (C=O) groups excluding carboxylic acids is 2. The number of carbonyl (C=O) groups is 2. The molecule has 0 aliphatic heterocycles. The van der Waals surface area contributed by atoms with Crippen LogP contribution in [-0.4, -0.2) is 43.4 Å². The smallest absolute Gasteiger partial charge is 0.241 e. The van der Waals surface area contributed by atoms with Crippen molar-refractivity contribution in [3.05, 3.63) is 24.3 Å². The molecule has 110 valence electrons. The van der Waals surface area contributed by atoms with Crippen LogP contribution in [0.2, 0.25) is 0 Å². The summed E-state index contributed by atoms with van der Waals surface area (Å²) in [5.74, 6) is -0.195. The molecule has 1 rings (SSSR count). The number of likely N-dealkylation sites (N-methyl/N-ethyl adjacent to an activating group) is 1. The van der Waals surface area contributed by atoms with E-state index in [0.717, 1.165) is 0 Å². The Bertz CT molecular complexity index is 476. The molecule has 20 heavy (non-hydrogen) atoms. The largest absolute Gasteiger partial charge is 0.397 e. The number of anilines is 2. The zero-order valence-corrected chi connectivity index (χ0v) is 12.1. The van der Waals surface area contributed by atoms with E-state index in [1.807, 2.05) is 24.1 Å². The average molecular weight is 278 g/mol. The maximum Gasteiger partial charge on any atom is 0.241 e. The van der Waals surface area contributed by atoms with Crippen molar-refractivity contribution < 1.29 is 9.59 Å². The fourth-order valence-electron chi connectivity index (χ4n) is 1.64. The fraction of sp³-hybridized carbons (Fsp3) is 0.429. The molecule has 0 saturated heterocycles. The van der Waals surface area contributed by atoms with Crippen molar-refractivity contribution in [1.29, 1.82) is 0 Å². The van der Waals surface area contributed by atoms with Gasteiger partial charge in [-0.2, -0.15) is 0 Å². The Morgan fingerprint density at radius 1 is 1.35 bits per heavy atom. The van der Waals surface area contributed by atoms with Crippen molar-refractivity contribution in [1.82, 2.24) is 10.2 Å². The van der Waals surface area contributed by atoms with Gasteiger partial charge in [0.25, 0.3) is 0 Å². The van der Waals surface area contributed by atoms with Gasteiger partial charge in [-0.25, -0.2) is 0 Å². The van der Waals surface area contributed by atoms with Gasteiger partial charge in [-0.1, -0.05) is 12.1 Å². The molecule has 0 aliphatic carbocycles. The Hall–Kier alpha value is -2.08. The minimum atomic E-state index is -0.348. The third-order valence-electron chi connectivity index (χ3n) is 3.23. The predicted molar refractivity (Wildman–Crippen MR) is 80.3 cm³/mol. The van der Waals surface area contributed by atoms with Crippen molar-refractivity contribution in [2.45, 2.75) is 19.4 Å². The van der Waals surface area contributed by atoms with Gasteiger partial charge in [0.05, 0.1) is 17.4 Å². The average Bonchev–Trinajstić information content (AvgIpc) is 2.45. The molecular formula is C14H22N4O2. The summed E-state index contributed by atoms with van der Waals surface area (Å²) < 4.78 is 0. The van der Waals surface area contributed by atoms with Crippen LogP contribution in [0.1, 0.15) is 13.3 Å². The van der Waals surface area contributed by atoms with E-state index >= 15 is 0 Å². The van der Waals surface area contributed by atoms with Crippen LogP contribution in [0.25, 0.3) is 0 Å². The van der Waals surface area contributed by atoms with Gasteiger partial charge in [-0.05, 0) is 26.1 Å². The van der Waals surface area contributed by atoms with Gasteiger partial charge in [-0.3, -0.25) is 14.5 Å². The molecule has 1 atom stereocenters. The third kappa shape index (κ3) is 4.55. The van der Waals surface area contributed by atoms with E-state index in [2.05, 4.69) is 10.6 Å². The molecule has 0 saturated carbocycles. The first-order valence-electron chi connectivity index (χ1n) is 6.52. The van der Waals surface area contributed by atoms with Crippen LogP contribution in [0.5, 0.6) is 0 Å². The minimum absolute atomic E-state index is 0.0447. The van der Waals surface area contributed by atoms with Crippen LogP contribution in [0.3, 0.4) is 0 Å². The summed E-state index contributed by atoms with van der Waals surface area (Å²) >= 11 is 0. The number of rotatable bonds is 6. The summed E-state index contributed by atoms with van der Waals surface area (Å²) in [5.41, 5.74) is 6.91. The molecule has 0 bridgehead atoms. The Morgan fingerprint density at radius 3 is 2.60 bits per heavy atom. The van der Waals surface area contributed by atoms with E-state index in [-0.39, 0.29) is 17.9 Å². The van der Waals surface area contributed by atoms with Crippen molar-refractivity contribution in [2.75, 3.05) is 31.7 Å². The van der Waals surface area contributed by atoms with Crippen LogP contribution in [0.15, 0.2) is 24.3 Å². The van der Waals surface area contributed by atoms with Crippen LogP contribution in [0, 0.1) is 0 Å². The Kier molecular flexibility index (Phi) is 5.99. The molecule has 0 radical (unpaired) electrons. The summed E-state index contributed by atoms with van der Waals surface area (Å²) in [6, 6.07) is 6.76. The molecular weight excluding hydrogens is 256 g/mol. The standard InChI is InChI=1S/C14H22N4O2/c1-10(18(3)9-8-13(19)16-2)14(20)17-12-7-5-4-6-11(12)15/h4-7,10H,8-9,15H2,1-3H3,(H,16,19)(H,17,20). The SMILES string of the molecule is CNC(=O)CCN(C)C(C)C(=O)Nc1ccccc1N. The molecule has 4 N–H and O–H groups in total. The lowest BCUT2D eigenvalue weighted by Gasteiger charge is -2.23. The fourth-order valence-corrected chi connectivity index (χ4v) is 1.64. The number of nitrogens with one attached hydrogen (secondary N) is 2. The van der Waals surface area contributed by atoms with Crippen LogP contribution in [-0.2, 0) is 9.59 Å². The topological polar surface area (TPSA) is 87.5 Å². The molecule has 0 aliphatic rings. The van der Waals surface area contributed by atoms with Gasteiger partial charge >= 0.3 is 0 Å². The lowest BCUT2D eigenvalue weighted by molar-refractivity contribution is -0.123. The third-order valence-corrected chi connectivity index (χ3v) is 3.23. The highest BCUT2D eigenvalue weighted by Gasteiger charge is 2.19. The summed E-state index contributed by atoms with van der Waals surface area (Å²) in [5, 5.41) is 5.34. The van der Waals surface area contributed by atoms with Gasteiger partial charge < -0.3 is 16.4 Å². The van der Waals surface area contributed by atoms with E-state index in [4.69, 9.17) is 5.73 Å². The maximum absolute atomic E-state index is 12.1. The molecule has 6 heteroatoms. The number of para-hydroxylation sites is 2. The molecule has 0 fully saturated rings. The van der Waals surface area contributed by atoms with Crippen molar-refractivity contribution in [3.63, 3.8) is 0 Å². The van der Waals surface area contributed by atoms with E-state index in [0.29, 0.717) is 24.3 Å². The van der Waals surface area contributed by atoms with Crippen molar-refractivity contribution >= 4 is 23.2 Å². The van der Waals surface area contributed by atoms with Gasteiger partial charge in [0.15, 0.2) is 0 Å². The first-order valence-corrected chi connectivity index (χ1v) is 6.52. The molecule has 1 unspecified atom stereocenters. The first-order chi connectivity index (χ1) is 9.45. The second kappa shape index (κ2) is 7.49. The van der Waals surface area contributed by atoms with Gasteiger partial charge in [0.2, 0.25) is 11.8 Å². The van der Waals surface area contributed by atoms with E-state index in [1.165, 1.54) is 0 Å². The summed E-state index contributed by atoms with van der Waals surface area (Å²) in [6.45, 7) is 2.30. The number of hydrogen-bond acceptors (Lipinski definition) is 4. The second-order valence-corrected chi connectivity index (χ2v) is 4.66. The summed E-state index contributed by atoms with van der Waals surface area (Å²) in [4.78, 5) is 25.1. The highest BCUT2D eigenvalue weighted by molar-refractivity contribution is 5.97. The Labute approximate surface area is 119 Å². The van der Waals surface area contributed by atoms with Crippen molar-refractivity contribution in [2.24, 2.45) is 0 Å². The molecule has 2 amide bonds. The van der Waals surface area contributed by atoms with E-state index in [1.54, 1.807) is 26.1 Å². The van der Waals surface area contributed by atoms with Gasteiger partial charge in [-0.15, -0.1) is 0 Å². The lowest BCUT2D eigenvalue weighted by Crippen LogP contribution is -2.41. The molecule has 0 heterocycles. The van der Waals surface area contributed by atoms with Gasteiger partial charge in [0, 0.05) is 20.0 Å². The summed E-state index contributed by atoms with van der Waals surface area (Å²) in [6.07, 6.45) is 0.359.